The van der Waals surface area contributed by atoms with Gasteiger partial charge in [-0.05, 0) is 53.3 Å². The molecule has 1 aromatic heterocycles. The van der Waals surface area contributed by atoms with Gasteiger partial charge in [-0.2, -0.15) is 0 Å². The summed E-state index contributed by atoms with van der Waals surface area (Å²) >= 11 is 0. The normalized spacial score (nSPS) is 11.1. The lowest BCUT2D eigenvalue weighted by atomic mass is 10.0. The summed E-state index contributed by atoms with van der Waals surface area (Å²) in [6, 6.07) is 23.6. The van der Waals surface area contributed by atoms with Crippen LogP contribution in [0.4, 0.5) is 5.69 Å². The third-order valence-corrected chi connectivity index (χ3v) is 4.56. The minimum Gasteiger partial charge on any atom is -0.317 e. The molecule has 0 atom stereocenters. The van der Waals surface area contributed by atoms with E-state index >= 15 is 0 Å². The monoisotopic (exact) mass is 368 g/mol. The van der Waals surface area contributed by atoms with Crippen LogP contribution in [0, 0.1) is 10.1 Å². The van der Waals surface area contributed by atoms with Crippen molar-refractivity contribution in [1.82, 2.24) is 4.57 Å². The number of hydrogen-bond acceptors (Lipinski definition) is 3. The van der Waals surface area contributed by atoms with Crippen molar-refractivity contribution >= 4 is 28.3 Å². The quantitative estimate of drug-likeness (QED) is 0.204. The van der Waals surface area contributed by atoms with E-state index in [-0.39, 0.29) is 11.5 Å². The highest BCUT2D eigenvalue weighted by molar-refractivity contribution is 6.08. The molecule has 0 aliphatic heterocycles. The summed E-state index contributed by atoms with van der Waals surface area (Å²) in [5, 5.41) is 12.9. The maximum absolute atomic E-state index is 12.6. The second kappa shape index (κ2) is 7.32. The van der Waals surface area contributed by atoms with Gasteiger partial charge in [-0.15, -0.1) is 0 Å². The van der Waals surface area contributed by atoms with Gasteiger partial charge in [0.25, 0.3) is 5.69 Å². The third-order valence-electron chi connectivity index (χ3n) is 4.56. The summed E-state index contributed by atoms with van der Waals surface area (Å²) < 4.78 is 1.87. The Labute approximate surface area is 161 Å². The van der Waals surface area contributed by atoms with Crippen molar-refractivity contribution in [2.75, 3.05) is 0 Å². The van der Waals surface area contributed by atoms with Crippen LogP contribution < -0.4 is 0 Å². The van der Waals surface area contributed by atoms with Crippen LogP contribution in [0.15, 0.2) is 91.1 Å². The highest BCUT2D eigenvalue weighted by atomic mass is 16.6. The van der Waals surface area contributed by atoms with Crippen molar-refractivity contribution in [2.45, 2.75) is 0 Å². The molecule has 0 fully saturated rings. The first kappa shape index (κ1) is 17.4. The van der Waals surface area contributed by atoms with E-state index in [1.807, 2.05) is 65.4 Å². The molecule has 0 saturated carbocycles. The average molecular weight is 368 g/mol. The Hall–Kier alpha value is -3.99. The molecular formula is C23H16N2O3. The van der Waals surface area contributed by atoms with Crippen LogP contribution in [0.3, 0.4) is 0 Å². The van der Waals surface area contributed by atoms with E-state index in [0.717, 1.165) is 22.2 Å². The van der Waals surface area contributed by atoms with Gasteiger partial charge in [0, 0.05) is 35.3 Å². The Morgan fingerprint density at radius 3 is 2.39 bits per heavy atom. The number of nitro benzene ring substituents is 1. The van der Waals surface area contributed by atoms with Gasteiger partial charge in [0.15, 0.2) is 5.78 Å². The maximum Gasteiger partial charge on any atom is 0.269 e. The molecule has 3 aromatic carbocycles. The van der Waals surface area contributed by atoms with E-state index in [1.165, 1.54) is 12.1 Å². The maximum atomic E-state index is 12.6. The van der Waals surface area contributed by atoms with E-state index in [4.69, 9.17) is 0 Å². The number of hydrogen-bond donors (Lipinski definition) is 0. The topological polar surface area (TPSA) is 65.1 Å². The van der Waals surface area contributed by atoms with Gasteiger partial charge in [-0.1, -0.05) is 36.4 Å². The summed E-state index contributed by atoms with van der Waals surface area (Å²) in [5.74, 6) is -0.0813. The van der Waals surface area contributed by atoms with Gasteiger partial charge >= 0.3 is 0 Å². The number of carbonyl (C=O) groups excluding carboxylic acids is 1. The Morgan fingerprint density at radius 1 is 0.893 bits per heavy atom. The predicted molar refractivity (Wildman–Crippen MR) is 110 cm³/mol. The van der Waals surface area contributed by atoms with E-state index in [2.05, 4.69) is 0 Å². The van der Waals surface area contributed by atoms with Crippen LogP contribution in [0.1, 0.15) is 16.1 Å². The molecule has 136 valence electrons. The lowest BCUT2D eigenvalue weighted by Crippen LogP contribution is -1.97. The Balaban J connectivity index is 1.58. The Morgan fingerprint density at radius 2 is 1.64 bits per heavy atom. The fourth-order valence-corrected chi connectivity index (χ4v) is 3.10. The van der Waals surface area contributed by atoms with Gasteiger partial charge in [-0.3, -0.25) is 14.9 Å². The molecule has 0 unspecified atom stereocenters. The molecule has 0 aliphatic carbocycles. The zero-order valence-corrected chi connectivity index (χ0v) is 14.9. The van der Waals surface area contributed by atoms with Crippen molar-refractivity contribution in [2.24, 2.45) is 0 Å². The van der Waals surface area contributed by atoms with Gasteiger partial charge in [0.2, 0.25) is 0 Å². The van der Waals surface area contributed by atoms with E-state index in [1.54, 1.807) is 24.3 Å². The zero-order chi connectivity index (χ0) is 19.5. The number of nitro groups is 1. The molecule has 0 radical (unpaired) electrons. The lowest BCUT2D eigenvalue weighted by Gasteiger charge is -2.06. The van der Waals surface area contributed by atoms with Crippen molar-refractivity contribution in [1.29, 1.82) is 0 Å². The first-order chi connectivity index (χ1) is 13.6. The predicted octanol–water partition coefficient (Wildman–Crippen LogP) is 5.43. The van der Waals surface area contributed by atoms with Crippen LogP contribution in [0.2, 0.25) is 0 Å². The fraction of sp³-hybridized carbons (Fsp3) is 0. The molecule has 28 heavy (non-hydrogen) atoms. The number of benzene rings is 3. The van der Waals surface area contributed by atoms with Gasteiger partial charge < -0.3 is 4.57 Å². The summed E-state index contributed by atoms with van der Waals surface area (Å²) in [5.41, 5.74) is 2.26. The molecule has 4 aromatic rings. The summed E-state index contributed by atoms with van der Waals surface area (Å²) in [4.78, 5) is 23.0. The van der Waals surface area contributed by atoms with Crippen LogP contribution in [-0.4, -0.2) is 15.3 Å². The summed E-state index contributed by atoms with van der Waals surface area (Å²) in [7, 11) is 0. The highest BCUT2D eigenvalue weighted by Gasteiger charge is 2.07. The Kier molecular flexibility index (Phi) is 4.56. The standard InChI is InChI=1S/C23H16N2O3/c26-23(19-8-7-17-4-1-2-5-18(17)16-19)14-13-20-6-3-15-24(20)21-9-11-22(12-10-21)25(27)28/h1-16H/b14-13+. The first-order valence-electron chi connectivity index (χ1n) is 8.75. The summed E-state index contributed by atoms with van der Waals surface area (Å²) in [6.45, 7) is 0. The van der Waals surface area contributed by atoms with E-state index in [9.17, 15) is 14.9 Å². The molecule has 0 amide bonds. The van der Waals surface area contributed by atoms with Crippen LogP contribution in [-0.2, 0) is 0 Å². The van der Waals surface area contributed by atoms with Crippen molar-refractivity contribution in [3.63, 3.8) is 0 Å². The number of rotatable bonds is 5. The second-order valence-corrected chi connectivity index (χ2v) is 6.34. The number of carbonyl (C=O) groups is 1. The zero-order valence-electron chi connectivity index (χ0n) is 14.9. The van der Waals surface area contributed by atoms with Gasteiger partial charge in [-0.25, -0.2) is 0 Å². The number of allylic oxidation sites excluding steroid dienone is 1. The number of non-ortho nitro benzene ring substituents is 1. The van der Waals surface area contributed by atoms with Crippen molar-refractivity contribution in [3.05, 3.63) is 113 Å². The minimum absolute atomic E-state index is 0.0412. The first-order valence-corrected chi connectivity index (χ1v) is 8.75. The molecule has 5 nitrogen and oxygen atoms in total. The molecule has 0 bridgehead atoms. The van der Waals surface area contributed by atoms with Crippen molar-refractivity contribution in [3.8, 4) is 5.69 Å². The minimum atomic E-state index is -0.428. The van der Waals surface area contributed by atoms with Crippen molar-refractivity contribution < 1.29 is 9.72 Å². The fourth-order valence-electron chi connectivity index (χ4n) is 3.10. The van der Waals surface area contributed by atoms with Gasteiger partial charge in [0.1, 0.15) is 0 Å². The Bertz CT molecular complexity index is 1200. The molecular weight excluding hydrogens is 352 g/mol. The SMILES string of the molecule is O=C(/C=C/c1cccn1-c1ccc([N+](=O)[O-])cc1)c1ccc2ccccc2c1. The second-order valence-electron chi connectivity index (χ2n) is 6.34. The average Bonchev–Trinajstić information content (AvgIpc) is 3.20. The highest BCUT2D eigenvalue weighted by Crippen LogP contribution is 2.19. The van der Waals surface area contributed by atoms with Crippen LogP contribution in [0.5, 0.6) is 0 Å². The molecule has 0 spiro atoms. The molecule has 1 heterocycles. The summed E-state index contributed by atoms with van der Waals surface area (Å²) in [6.07, 6.45) is 5.14. The molecule has 0 aliphatic rings. The molecule has 4 rings (SSSR count). The van der Waals surface area contributed by atoms with Crippen LogP contribution >= 0.6 is 0 Å². The number of fused-ring (bicyclic) bond motifs is 1. The number of aromatic nitrogens is 1. The molecule has 0 saturated heterocycles. The number of nitrogens with zero attached hydrogens (tertiary/aromatic N) is 2. The molecule has 5 heteroatoms. The lowest BCUT2D eigenvalue weighted by molar-refractivity contribution is -0.384. The number of ketones is 1. The molecule has 0 N–H and O–H groups in total. The van der Waals surface area contributed by atoms with E-state index in [0.29, 0.717) is 5.56 Å². The smallest absolute Gasteiger partial charge is 0.269 e. The van der Waals surface area contributed by atoms with E-state index < -0.39 is 4.92 Å². The van der Waals surface area contributed by atoms with Crippen LogP contribution in [0.25, 0.3) is 22.5 Å². The van der Waals surface area contributed by atoms with Gasteiger partial charge in [0.05, 0.1) is 4.92 Å². The third kappa shape index (κ3) is 3.46. The largest absolute Gasteiger partial charge is 0.317 e.